The lowest BCUT2D eigenvalue weighted by Gasteiger charge is -2.38. The Hall–Kier alpha value is -0.170. The lowest BCUT2D eigenvalue weighted by atomic mass is 9.96. The number of sulfone groups is 1. The van der Waals surface area contributed by atoms with Gasteiger partial charge in [0.2, 0.25) is 0 Å². The van der Waals surface area contributed by atoms with E-state index in [1.54, 1.807) is 0 Å². The average molecular weight is 262 g/mol. The van der Waals surface area contributed by atoms with Gasteiger partial charge in [-0.05, 0) is 26.3 Å². The topological polar surface area (TPSA) is 72.6 Å². The van der Waals surface area contributed by atoms with Crippen LogP contribution in [0.5, 0.6) is 0 Å². The highest BCUT2D eigenvalue weighted by Gasteiger charge is 2.44. The second-order valence-corrected chi connectivity index (χ2v) is 7.47. The van der Waals surface area contributed by atoms with E-state index >= 15 is 0 Å². The van der Waals surface area contributed by atoms with Crippen molar-refractivity contribution in [2.24, 2.45) is 5.73 Å². The van der Waals surface area contributed by atoms with Crippen molar-refractivity contribution >= 4 is 9.84 Å². The van der Waals surface area contributed by atoms with Crippen molar-refractivity contribution in [3.8, 4) is 0 Å². The van der Waals surface area contributed by atoms with Crippen LogP contribution in [0, 0.1) is 0 Å². The summed E-state index contributed by atoms with van der Waals surface area (Å²) in [6, 6.07) is 0. The van der Waals surface area contributed by atoms with Crippen molar-refractivity contribution < 1.29 is 13.2 Å². The predicted octanol–water partition coefficient (Wildman–Crippen LogP) is -0.387. The maximum atomic E-state index is 11.6. The summed E-state index contributed by atoms with van der Waals surface area (Å²) in [6.07, 6.45) is 3.06. The molecule has 0 saturated carbocycles. The molecule has 2 rings (SSSR count). The third-order valence-electron chi connectivity index (χ3n) is 4.06. The van der Waals surface area contributed by atoms with Gasteiger partial charge in [-0.15, -0.1) is 0 Å². The van der Waals surface area contributed by atoms with E-state index in [1.165, 1.54) is 0 Å². The molecule has 0 bridgehead atoms. The number of hydrogen-bond acceptors (Lipinski definition) is 5. The first-order chi connectivity index (χ1) is 7.97. The highest BCUT2D eigenvalue weighted by molar-refractivity contribution is 7.91. The number of hydrogen-bond donors (Lipinski definition) is 1. The molecule has 6 heteroatoms. The number of nitrogens with zero attached hydrogens (tertiary/aromatic N) is 1. The molecular formula is C11H22N2O3S. The summed E-state index contributed by atoms with van der Waals surface area (Å²) in [7, 11) is -0.939. The van der Waals surface area contributed by atoms with Gasteiger partial charge in [-0.3, -0.25) is 4.90 Å². The molecule has 17 heavy (non-hydrogen) atoms. The van der Waals surface area contributed by atoms with Gasteiger partial charge in [-0.1, -0.05) is 0 Å². The second kappa shape index (κ2) is 4.84. The van der Waals surface area contributed by atoms with Crippen molar-refractivity contribution in [1.82, 2.24) is 4.90 Å². The summed E-state index contributed by atoms with van der Waals surface area (Å²) in [5.41, 5.74) is 5.45. The van der Waals surface area contributed by atoms with Crippen LogP contribution in [0.25, 0.3) is 0 Å². The maximum absolute atomic E-state index is 11.6. The first-order valence-electron chi connectivity index (χ1n) is 6.21. The molecule has 100 valence electrons. The average Bonchev–Trinajstić information content (AvgIpc) is 2.86. The second-order valence-electron chi connectivity index (χ2n) is 5.29. The van der Waals surface area contributed by atoms with Gasteiger partial charge in [0.25, 0.3) is 0 Å². The molecule has 5 nitrogen and oxygen atoms in total. The molecule has 2 N–H and O–H groups in total. The van der Waals surface area contributed by atoms with Crippen LogP contribution in [-0.2, 0) is 14.6 Å². The summed E-state index contributed by atoms with van der Waals surface area (Å²) < 4.78 is 28.9. The molecule has 0 aliphatic carbocycles. The Bertz CT molecular complexity index is 365. The Morgan fingerprint density at radius 3 is 2.76 bits per heavy atom. The van der Waals surface area contributed by atoms with Crippen LogP contribution in [0.3, 0.4) is 0 Å². The van der Waals surface area contributed by atoms with E-state index in [0.717, 1.165) is 26.0 Å². The third kappa shape index (κ3) is 2.81. The highest BCUT2D eigenvalue weighted by atomic mass is 32.2. The molecule has 0 aromatic rings. The zero-order valence-electron chi connectivity index (χ0n) is 10.4. The van der Waals surface area contributed by atoms with Gasteiger partial charge in [-0.25, -0.2) is 8.42 Å². The lowest BCUT2D eigenvalue weighted by Crippen LogP contribution is -2.55. The SMILES string of the molecule is CN(CC1CCCO1)C1(CN)CCS(=O)(=O)C1. The van der Waals surface area contributed by atoms with Crippen molar-refractivity contribution in [2.45, 2.75) is 30.9 Å². The summed E-state index contributed by atoms with van der Waals surface area (Å²) in [6.45, 7) is 2.01. The smallest absolute Gasteiger partial charge is 0.152 e. The van der Waals surface area contributed by atoms with Crippen LogP contribution >= 0.6 is 0 Å². The molecule has 0 spiro atoms. The monoisotopic (exact) mass is 262 g/mol. The van der Waals surface area contributed by atoms with Crippen molar-refractivity contribution in [3.63, 3.8) is 0 Å². The molecule has 2 saturated heterocycles. The normalized spacial score (nSPS) is 36.8. The summed E-state index contributed by atoms with van der Waals surface area (Å²) in [4.78, 5) is 2.10. The standard InChI is InChI=1S/C11H22N2O3S/c1-13(7-10-3-2-5-16-10)11(8-12)4-6-17(14,15)9-11/h10H,2-9,12H2,1H3. The first kappa shape index (κ1) is 13.3. The van der Waals surface area contributed by atoms with E-state index in [4.69, 9.17) is 10.5 Å². The fourth-order valence-corrected chi connectivity index (χ4v) is 4.94. The summed E-state index contributed by atoms with van der Waals surface area (Å²) in [5, 5.41) is 0. The fraction of sp³-hybridized carbons (Fsp3) is 1.00. The van der Waals surface area contributed by atoms with Crippen molar-refractivity contribution in [2.75, 3.05) is 38.2 Å². The van der Waals surface area contributed by atoms with Crippen LogP contribution in [0.15, 0.2) is 0 Å². The van der Waals surface area contributed by atoms with E-state index in [-0.39, 0.29) is 23.1 Å². The lowest BCUT2D eigenvalue weighted by molar-refractivity contribution is 0.0457. The quantitative estimate of drug-likeness (QED) is 0.747. The van der Waals surface area contributed by atoms with E-state index in [9.17, 15) is 8.42 Å². The highest BCUT2D eigenvalue weighted by Crippen LogP contribution is 2.29. The Balaban J connectivity index is 2.02. The molecule has 2 heterocycles. The summed E-state index contributed by atoms with van der Waals surface area (Å²) in [5.74, 6) is 0.458. The van der Waals surface area contributed by atoms with Crippen LogP contribution in [-0.4, -0.2) is 63.2 Å². The summed E-state index contributed by atoms with van der Waals surface area (Å²) >= 11 is 0. The Morgan fingerprint density at radius 2 is 2.29 bits per heavy atom. The van der Waals surface area contributed by atoms with Crippen LogP contribution in [0.1, 0.15) is 19.3 Å². The number of likely N-dealkylation sites (N-methyl/N-ethyl adjacent to an activating group) is 1. The maximum Gasteiger partial charge on any atom is 0.152 e. The van der Waals surface area contributed by atoms with Gasteiger partial charge in [-0.2, -0.15) is 0 Å². The Labute approximate surface area is 103 Å². The van der Waals surface area contributed by atoms with Gasteiger partial charge >= 0.3 is 0 Å². The molecular weight excluding hydrogens is 240 g/mol. The molecule has 2 fully saturated rings. The van der Waals surface area contributed by atoms with Crippen molar-refractivity contribution in [3.05, 3.63) is 0 Å². The molecule has 0 aromatic carbocycles. The predicted molar refractivity (Wildman–Crippen MR) is 66.7 cm³/mol. The molecule has 2 unspecified atom stereocenters. The van der Waals surface area contributed by atoms with Gasteiger partial charge in [0.15, 0.2) is 9.84 Å². The zero-order chi connectivity index (χ0) is 12.5. The van der Waals surface area contributed by atoms with Gasteiger partial charge in [0, 0.05) is 25.2 Å². The van der Waals surface area contributed by atoms with Gasteiger partial charge in [0.1, 0.15) is 0 Å². The van der Waals surface area contributed by atoms with Crippen LogP contribution < -0.4 is 5.73 Å². The van der Waals surface area contributed by atoms with Crippen LogP contribution in [0.2, 0.25) is 0 Å². The molecule has 0 amide bonds. The third-order valence-corrected chi connectivity index (χ3v) is 5.86. The molecule has 2 aliphatic rings. The van der Waals surface area contributed by atoms with Crippen molar-refractivity contribution in [1.29, 1.82) is 0 Å². The number of rotatable bonds is 4. The Kier molecular flexibility index (Phi) is 3.77. The minimum atomic E-state index is -2.91. The van der Waals surface area contributed by atoms with Gasteiger partial charge in [0.05, 0.1) is 17.6 Å². The minimum absolute atomic E-state index is 0.194. The van der Waals surface area contributed by atoms with Crippen LogP contribution in [0.4, 0.5) is 0 Å². The van der Waals surface area contributed by atoms with E-state index in [1.807, 2.05) is 7.05 Å². The van der Waals surface area contributed by atoms with E-state index < -0.39 is 9.84 Å². The zero-order valence-corrected chi connectivity index (χ0v) is 11.2. The van der Waals surface area contributed by atoms with E-state index in [2.05, 4.69) is 4.90 Å². The number of nitrogens with two attached hydrogens (primary N) is 1. The van der Waals surface area contributed by atoms with Gasteiger partial charge < -0.3 is 10.5 Å². The number of ether oxygens (including phenoxy) is 1. The first-order valence-corrected chi connectivity index (χ1v) is 8.03. The molecule has 2 aliphatic heterocycles. The molecule has 0 aromatic heterocycles. The molecule has 0 radical (unpaired) electrons. The fourth-order valence-electron chi connectivity index (χ4n) is 2.80. The van der Waals surface area contributed by atoms with E-state index in [0.29, 0.717) is 13.0 Å². The minimum Gasteiger partial charge on any atom is -0.377 e. The Morgan fingerprint density at radius 1 is 1.53 bits per heavy atom. The largest absolute Gasteiger partial charge is 0.377 e. The molecule has 2 atom stereocenters.